The molecule has 1 aromatic carbocycles. The van der Waals surface area contributed by atoms with Gasteiger partial charge < -0.3 is 10.2 Å². The van der Waals surface area contributed by atoms with Crippen LogP contribution in [0.3, 0.4) is 0 Å². The largest absolute Gasteiger partial charge is 0.322 e. The molecule has 4 nitrogen and oxygen atoms in total. The highest BCUT2D eigenvalue weighted by molar-refractivity contribution is 5.91. The first-order chi connectivity index (χ1) is 10.0. The van der Waals surface area contributed by atoms with Gasteiger partial charge in [0, 0.05) is 37.9 Å². The zero-order chi connectivity index (χ0) is 15.4. The van der Waals surface area contributed by atoms with Crippen LogP contribution in [0, 0.1) is 6.92 Å². The quantitative estimate of drug-likeness (QED) is 0.928. The molecule has 1 N–H and O–H groups in total. The van der Waals surface area contributed by atoms with Crippen molar-refractivity contribution in [3.8, 4) is 0 Å². The SMILES string of the molecule is CCc1cccc(C)c1NC(=O)N1CCN(C(C)C)CC1. The van der Waals surface area contributed by atoms with Gasteiger partial charge in [0.1, 0.15) is 0 Å². The molecule has 1 aliphatic heterocycles. The molecule has 0 atom stereocenters. The predicted molar refractivity (Wildman–Crippen MR) is 87.9 cm³/mol. The first-order valence-corrected chi connectivity index (χ1v) is 7.91. The molecule has 1 saturated heterocycles. The van der Waals surface area contributed by atoms with E-state index in [1.54, 1.807) is 0 Å². The van der Waals surface area contributed by atoms with Crippen LogP contribution in [0.25, 0.3) is 0 Å². The highest BCUT2D eigenvalue weighted by atomic mass is 16.2. The van der Waals surface area contributed by atoms with Crippen LogP contribution in [-0.2, 0) is 6.42 Å². The normalized spacial score (nSPS) is 16.3. The lowest BCUT2D eigenvalue weighted by molar-refractivity contribution is 0.125. The molecule has 1 fully saturated rings. The van der Waals surface area contributed by atoms with Gasteiger partial charge in [-0.3, -0.25) is 4.90 Å². The molecule has 0 bridgehead atoms. The van der Waals surface area contributed by atoms with Gasteiger partial charge in [0.25, 0.3) is 0 Å². The van der Waals surface area contributed by atoms with Crippen LogP contribution in [0.2, 0.25) is 0 Å². The number of rotatable bonds is 3. The van der Waals surface area contributed by atoms with E-state index in [-0.39, 0.29) is 6.03 Å². The third-order valence-electron chi connectivity index (χ3n) is 4.30. The fourth-order valence-electron chi connectivity index (χ4n) is 2.83. The second-order valence-corrected chi connectivity index (χ2v) is 6.01. The van der Waals surface area contributed by atoms with Gasteiger partial charge in [-0.1, -0.05) is 25.1 Å². The monoisotopic (exact) mass is 289 g/mol. The standard InChI is InChI=1S/C17H27N3O/c1-5-15-8-6-7-14(4)16(15)18-17(21)20-11-9-19(10-12-20)13(2)3/h6-8,13H,5,9-12H2,1-4H3,(H,18,21). The molecule has 0 saturated carbocycles. The molecule has 0 unspecified atom stereocenters. The summed E-state index contributed by atoms with van der Waals surface area (Å²) in [5.41, 5.74) is 3.31. The minimum absolute atomic E-state index is 0.0300. The summed E-state index contributed by atoms with van der Waals surface area (Å²) < 4.78 is 0. The Morgan fingerprint density at radius 3 is 2.48 bits per heavy atom. The molecule has 2 amide bonds. The van der Waals surface area contributed by atoms with Crippen molar-refractivity contribution in [1.82, 2.24) is 9.80 Å². The maximum Gasteiger partial charge on any atom is 0.321 e. The number of hydrogen-bond donors (Lipinski definition) is 1. The average molecular weight is 289 g/mol. The van der Waals surface area contributed by atoms with E-state index in [1.807, 2.05) is 24.0 Å². The molecule has 1 aromatic rings. The van der Waals surface area contributed by atoms with E-state index in [0.29, 0.717) is 6.04 Å². The van der Waals surface area contributed by atoms with E-state index in [9.17, 15) is 4.79 Å². The molecule has 116 valence electrons. The van der Waals surface area contributed by atoms with Crippen molar-refractivity contribution >= 4 is 11.7 Å². The number of urea groups is 1. The van der Waals surface area contributed by atoms with Crippen LogP contribution in [0.5, 0.6) is 0 Å². The number of aryl methyl sites for hydroxylation is 2. The van der Waals surface area contributed by atoms with Gasteiger partial charge in [0.2, 0.25) is 0 Å². The molecule has 0 radical (unpaired) electrons. The minimum atomic E-state index is 0.0300. The molecule has 1 heterocycles. The third kappa shape index (κ3) is 3.76. The maximum absolute atomic E-state index is 12.5. The van der Waals surface area contributed by atoms with Crippen molar-refractivity contribution < 1.29 is 4.79 Å². The lowest BCUT2D eigenvalue weighted by atomic mass is 10.1. The first-order valence-electron chi connectivity index (χ1n) is 7.91. The Bertz CT molecular complexity index is 491. The lowest BCUT2D eigenvalue weighted by Crippen LogP contribution is -2.51. The molecule has 1 aliphatic rings. The highest BCUT2D eigenvalue weighted by Gasteiger charge is 2.23. The van der Waals surface area contributed by atoms with Crippen LogP contribution >= 0.6 is 0 Å². The van der Waals surface area contributed by atoms with Gasteiger partial charge in [-0.25, -0.2) is 4.79 Å². The predicted octanol–water partition coefficient (Wildman–Crippen LogP) is 3.12. The van der Waals surface area contributed by atoms with Gasteiger partial charge in [-0.2, -0.15) is 0 Å². The number of amides is 2. The fraction of sp³-hybridized carbons (Fsp3) is 0.588. The second-order valence-electron chi connectivity index (χ2n) is 6.01. The summed E-state index contributed by atoms with van der Waals surface area (Å²) >= 11 is 0. The Balaban J connectivity index is 2.00. The van der Waals surface area contributed by atoms with Crippen molar-refractivity contribution in [2.45, 2.75) is 40.2 Å². The number of hydrogen-bond acceptors (Lipinski definition) is 2. The molecular weight excluding hydrogens is 262 g/mol. The van der Waals surface area contributed by atoms with Crippen LogP contribution in [0.1, 0.15) is 31.9 Å². The second kappa shape index (κ2) is 6.94. The smallest absolute Gasteiger partial charge is 0.321 e. The Morgan fingerprint density at radius 2 is 1.90 bits per heavy atom. The van der Waals surface area contributed by atoms with Gasteiger partial charge >= 0.3 is 6.03 Å². The van der Waals surface area contributed by atoms with E-state index >= 15 is 0 Å². The molecule has 2 rings (SSSR count). The Kier molecular flexibility index (Phi) is 5.23. The zero-order valence-corrected chi connectivity index (χ0v) is 13.6. The zero-order valence-electron chi connectivity index (χ0n) is 13.6. The number of nitrogens with one attached hydrogen (secondary N) is 1. The number of benzene rings is 1. The lowest BCUT2D eigenvalue weighted by Gasteiger charge is -2.37. The Hall–Kier alpha value is -1.55. The Labute approximate surface area is 128 Å². The van der Waals surface area contributed by atoms with Crippen LogP contribution < -0.4 is 5.32 Å². The summed E-state index contributed by atoms with van der Waals surface area (Å²) in [6, 6.07) is 6.76. The topological polar surface area (TPSA) is 35.6 Å². The van der Waals surface area contributed by atoms with Crippen molar-refractivity contribution in [3.05, 3.63) is 29.3 Å². The van der Waals surface area contributed by atoms with Gasteiger partial charge in [0.05, 0.1) is 0 Å². The number of nitrogens with zero attached hydrogens (tertiary/aromatic N) is 2. The van der Waals surface area contributed by atoms with Gasteiger partial charge in [0.15, 0.2) is 0 Å². The first kappa shape index (κ1) is 15.8. The maximum atomic E-state index is 12.5. The number of piperazine rings is 1. The number of carbonyl (C=O) groups is 1. The molecule has 0 aromatic heterocycles. The van der Waals surface area contributed by atoms with Crippen molar-refractivity contribution in [1.29, 1.82) is 0 Å². The molecule has 4 heteroatoms. The number of carbonyl (C=O) groups excluding carboxylic acids is 1. The summed E-state index contributed by atoms with van der Waals surface area (Å²) in [7, 11) is 0. The van der Waals surface area contributed by atoms with Crippen LogP contribution in [0.4, 0.5) is 10.5 Å². The molecular formula is C17H27N3O. The van der Waals surface area contributed by atoms with E-state index < -0.39 is 0 Å². The number of para-hydroxylation sites is 1. The van der Waals surface area contributed by atoms with Gasteiger partial charge in [-0.05, 0) is 38.3 Å². The average Bonchev–Trinajstić information content (AvgIpc) is 2.49. The third-order valence-corrected chi connectivity index (χ3v) is 4.30. The summed E-state index contributed by atoms with van der Waals surface area (Å²) in [5.74, 6) is 0. The van der Waals surface area contributed by atoms with Crippen molar-refractivity contribution in [2.75, 3.05) is 31.5 Å². The summed E-state index contributed by atoms with van der Waals surface area (Å²) in [4.78, 5) is 16.8. The highest BCUT2D eigenvalue weighted by Crippen LogP contribution is 2.21. The van der Waals surface area contributed by atoms with Crippen molar-refractivity contribution in [3.63, 3.8) is 0 Å². The fourth-order valence-corrected chi connectivity index (χ4v) is 2.83. The summed E-state index contributed by atoms with van der Waals surface area (Å²) in [6.45, 7) is 12.1. The van der Waals surface area contributed by atoms with E-state index in [2.05, 4.69) is 37.1 Å². The summed E-state index contributed by atoms with van der Waals surface area (Å²) in [6.07, 6.45) is 0.929. The van der Waals surface area contributed by atoms with Crippen LogP contribution in [-0.4, -0.2) is 48.1 Å². The summed E-state index contributed by atoms with van der Waals surface area (Å²) in [5, 5.41) is 3.11. The number of anilines is 1. The van der Waals surface area contributed by atoms with Gasteiger partial charge in [-0.15, -0.1) is 0 Å². The molecule has 21 heavy (non-hydrogen) atoms. The Morgan fingerprint density at radius 1 is 1.24 bits per heavy atom. The van der Waals surface area contributed by atoms with E-state index in [0.717, 1.165) is 43.9 Å². The minimum Gasteiger partial charge on any atom is -0.322 e. The molecule has 0 aliphatic carbocycles. The van der Waals surface area contributed by atoms with E-state index in [4.69, 9.17) is 0 Å². The van der Waals surface area contributed by atoms with Crippen molar-refractivity contribution in [2.24, 2.45) is 0 Å². The van der Waals surface area contributed by atoms with E-state index in [1.165, 1.54) is 5.56 Å². The van der Waals surface area contributed by atoms with Crippen LogP contribution in [0.15, 0.2) is 18.2 Å². The molecule has 0 spiro atoms.